The molecule has 0 aliphatic carbocycles. The summed E-state index contributed by atoms with van der Waals surface area (Å²) in [5.74, 6) is 1.16. The van der Waals surface area contributed by atoms with E-state index < -0.39 is 0 Å². The molecule has 0 spiro atoms. The highest BCUT2D eigenvalue weighted by molar-refractivity contribution is 5.91. The number of likely N-dealkylation sites (tertiary alicyclic amines) is 1. The molecular formula is C15H18N4O2. The van der Waals surface area contributed by atoms with Crippen LogP contribution in [0.15, 0.2) is 34.9 Å². The molecule has 1 amide bonds. The number of nitrogens with zero attached hydrogens (tertiary/aromatic N) is 3. The third kappa shape index (κ3) is 3.21. The topological polar surface area (TPSA) is 71.3 Å². The SMILES string of the molecule is Cc1ccc(NC2CCN(C(=O)c3ccco3)CC2)nn1. The molecule has 1 fully saturated rings. The number of carbonyl (C=O) groups is 1. The molecule has 0 aromatic carbocycles. The van der Waals surface area contributed by atoms with Crippen LogP contribution in [0.4, 0.5) is 5.82 Å². The summed E-state index contributed by atoms with van der Waals surface area (Å²) in [7, 11) is 0. The van der Waals surface area contributed by atoms with Gasteiger partial charge in [-0.25, -0.2) is 0 Å². The van der Waals surface area contributed by atoms with Crippen molar-refractivity contribution in [2.45, 2.75) is 25.8 Å². The zero-order chi connectivity index (χ0) is 14.7. The molecule has 1 aliphatic rings. The number of furan rings is 1. The van der Waals surface area contributed by atoms with Crippen molar-refractivity contribution < 1.29 is 9.21 Å². The van der Waals surface area contributed by atoms with Gasteiger partial charge in [0.15, 0.2) is 5.76 Å². The summed E-state index contributed by atoms with van der Waals surface area (Å²) in [6.07, 6.45) is 3.31. The maximum Gasteiger partial charge on any atom is 0.289 e. The van der Waals surface area contributed by atoms with Gasteiger partial charge in [0, 0.05) is 19.1 Å². The van der Waals surface area contributed by atoms with Crippen LogP contribution in [0.1, 0.15) is 29.1 Å². The molecule has 0 saturated carbocycles. The van der Waals surface area contributed by atoms with E-state index in [0.29, 0.717) is 11.8 Å². The van der Waals surface area contributed by atoms with Crippen LogP contribution in [0.25, 0.3) is 0 Å². The van der Waals surface area contributed by atoms with Crippen LogP contribution in [0.5, 0.6) is 0 Å². The lowest BCUT2D eigenvalue weighted by molar-refractivity contribution is 0.0686. The van der Waals surface area contributed by atoms with Gasteiger partial charge in [-0.05, 0) is 44.0 Å². The Labute approximate surface area is 123 Å². The average molecular weight is 286 g/mol. The van der Waals surface area contributed by atoms with Crippen LogP contribution in [0.2, 0.25) is 0 Å². The Hall–Kier alpha value is -2.37. The number of aromatic nitrogens is 2. The molecule has 2 aromatic rings. The number of aryl methyl sites for hydroxylation is 1. The summed E-state index contributed by atoms with van der Waals surface area (Å²) in [5, 5.41) is 11.5. The van der Waals surface area contributed by atoms with Gasteiger partial charge in [0.25, 0.3) is 5.91 Å². The summed E-state index contributed by atoms with van der Waals surface area (Å²) < 4.78 is 5.16. The van der Waals surface area contributed by atoms with E-state index >= 15 is 0 Å². The largest absolute Gasteiger partial charge is 0.459 e. The Morgan fingerprint density at radius 3 is 2.71 bits per heavy atom. The Morgan fingerprint density at radius 1 is 1.29 bits per heavy atom. The minimum Gasteiger partial charge on any atom is -0.459 e. The Kier molecular flexibility index (Phi) is 3.85. The van der Waals surface area contributed by atoms with Gasteiger partial charge in [-0.15, -0.1) is 5.10 Å². The molecule has 6 nitrogen and oxygen atoms in total. The molecule has 21 heavy (non-hydrogen) atoms. The third-order valence-corrected chi connectivity index (χ3v) is 3.66. The first-order valence-electron chi connectivity index (χ1n) is 7.12. The lowest BCUT2D eigenvalue weighted by Gasteiger charge is -2.32. The molecule has 1 aliphatic heterocycles. The molecule has 6 heteroatoms. The molecule has 0 atom stereocenters. The van der Waals surface area contributed by atoms with Crippen molar-refractivity contribution in [3.05, 3.63) is 42.0 Å². The lowest BCUT2D eigenvalue weighted by atomic mass is 10.0. The van der Waals surface area contributed by atoms with E-state index in [2.05, 4.69) is 15.5 Å². The molecular weight excluding hydrogens is 268 g/mol. The highest BCUT2D eigenvalue weighted by Crippen LogP contribution is 2.17. The maximum atomic E-state index is 12.2. The predicted molar refractivity (Wildman–Crippen MR) is 78.0 cm³/mol. The fourth-order valence-corrected chi connectivity index (χ4v) is 2.47. The first-order valence-corrected chi connectivity index (χ1v) is 7.12. The summed E-state index contributed by atoms with van der Waals surface area (Å²) >= 11 is 0. The van der Waals surface area contributed by atoms with Gasteiger partial charge in [0.2, 0.25) is 0 Å². The van der Waals surface area contributed by atoms with Crippen LogP contribution in [-0.2, 0) is 0 Å². The Morgan fingerprint density at radius 2 is 2.10 bits per heavy atom. The molecule has 0 radical (unpaired) electrons. The van der Waals surface area contributed by atoms with Crippen LogP contribution >= 0.6 is 0 Å². The second kappa shape index (κ2) is 5.95. The Bertz CT molecular complexity index is 587. The van der Waals surface area contributed by atoms with E-state index in [1.54, 1.807) is 12.1 Å². The van der Waals surface area contributed by atoms with Crippen LogP contribution in [0, 0.1) is 6.92 Å². The number of amides is 1. The van der Waals surface area contributed by atoms with Gasteiger partial charge in [0.05, 0.1) is 12.0 Å². The second-order valence-electron chi connectivity index (χ2n) is 5.25. The maximum absolute atomic E-state index is 12.2. The van der Waals surface area contributed by atoms with E-state index in [1.807, 2.05) is 24.0 Å². The fraction of sp³-hybridized carbons (Fsp3) is 0.400. The molecule has 110 valence electrons. The number of carbonyl (C=O) groups excluding carboxylic acids is 1. The number of piperidine rings is 1. The van der Waals surface area contributed by atoms with E-state index in [4.69, 9.17) is 4.42 Å². The van der Waals surface area contributed by atoms with Crippen LogP contribution < -0.4 is 5.32 Å². The summed E-state index contributed by atoms with van der Waals surface area (Å²) in [4.78, 5) is 14.0. The standard InChI is InChI=1S/C15H18N4O2/c1-11-4-5-14(18-17-11)16-12-6-8-19(9-7-12)15(20)13-3-2-10-21-13/h2-5,10,12H,6-9H2,1H3,(H,16,18). The van der Waals surface area contributed by atoms with Crippen molar-refractivity contribution in [1.82, 2.24) is 15.1 Å². The highest BCUT2D eigenvalue weighted by Gasteiger charge is 2.25. The molecule has 3 rings (SSSR count). The van der Waals surface area contributed by atoms with Gasteiger partial charge >= 0.3 is 0 Å². The average Bonchev–Trinajstić information content (AvgIpc) is 3.04. The summed E-state index contributed by atoms with van der Waals surface area (Å²) in [6.45, 7) is 3.35. The van der Waals surface area contributed by atoms with Crippen molar-refractivity contribution in [3.8, 4) is 0 Å². The van der Waals surface area contributed by atoms with Gasteiger partial charge in [0.1, 0.15) is 5.82 Å². The van der Waals surface area contributed by atoms with Gasteiger partial charge in [-0.2, -0.15) is 5.10 Å². The fourth-order valence-electron chi connectivity index (χ4n) is 2.47. The molecule has 1 N–H and O–H groups in total. The van der Waals surface area contributed by atoms with Crippen molar-refractivity contribution in [3.63, 3.8) is 0 Å². The van der Waals surface area contributed by atoms with Gasteiger partial charge in [-0.3, -0.25) is 4.79 Å². The van der Waals surface area contributed by atoms with Crippen molar-refractivity contribution >= 4 is 11.7 Å². The predicted octanol–water partition coefficient (Wildman–Crippen LogP) is 2.09. The summed E-state index contributed by atoms with van der Waals surface area (Å²) in [5.41, 5.74) is 0.902. The zero-order valence-electron chi connectivity index (χ0n) is 12.0. The molecule has 0 unspecified atom stereocenters. The van der Waals surface area contributed by atoms with Crippen molar-refractivity contribution in [2.24, 2.45) is 0 Å². The number of nitrogens with one attached hydrogen (secondary N) is 1. The zero-order valence-corrected chi connectivity index (χ0v) is 12.0. The second-order valence-corrected chi connectivity index (χ2v) is 5.25. The van der Waals surface area contributed by atoms with Crippen molar-refractivity contribution in [1.29, 1.82) is 0 Å². The van der Waals surface area contributed by atoms with E-state index in [-0.39, 0.29) is 5.91 Å². The Balaban J connectivity index is 1.53. The first-order chi connectivity index (χ1) is 10.2. The van der Waals surface area contributed by atoms with E-state index in [0.717, 1.165) is 37.4 Å². The normalized spacial score (nSPS) is 16.0. The molecule has 3 heterocycles. The van der Waals surface area contributed by atoms with Gasteiger partial charge < -0.3 is 14.6 Å². The smallest absolute Gasteiger partial charge is 0.289 e. The van der Waals surface area contributed by atoms with Crippen molar-refractivity contribution in [2.75, 3.05) is 18.4 Å². The number of hydrogen-bond donors (Lipinski definition) is 1. The highest BCUT2D eigenvalue weighted by atomic mass is 16.3. The van der Waals surface area contributed by atoms with E-state index in [9.17, 15) is 4.79 Å². The third-order valence-electron chi connectivity index (χ3n) is 3.66. The van der Waals surface area contributed by atoms with Crippen LogP contribution in [-0.4, -0.2) is 40.1 Å². The van der Waals surface area contributed by atoms with E-state index in [1.165, 1.54) is 6.26 Å². The summed E-state index contributed by atoms with van der Waals surface area (Å²) in [6, 6.07) is 7.63. The monoisotopic (exact) mass is 286 g/mol. The molecule has 0 bridgehead atoms. The molecule has 1 saturated heterocycles. The number of rotatable bonds is 3. The lowest BCUT2D eigenvalue weighted by Crippen LogP contribution is -2.42. The minimum atomic E-state index is -0.0337. The first kappa shape index (κ1) is 13.6. The number of anilines is 1. The van der Waals surface area contributed by atoms with Gasteiger partial charge in [-0.1, -0.05) is 0 Å². The minimum absolute atomic E-state index is 0.0337. The quantitative estimate of drug-likeness (QED) is 0.935. The number of hydrogen-bond acceptors (Lipinski definition) is 5. The van der Waals surface area contributed by atoms with Crippen LogP contribution in [0.3, 0.4) is 0 Å². The molecule has 2 aromatic heterocycles.